The van der Waals surface area contributed by atoms with Gasteiger partial charge in [-0.05, 0) is 42.7 Å². The molecule has 2 fully saturated rings. The number of likely N-dealkylation sites (tertiary alicyclic amines) is 2. The predicted molar refractivity (Wildman–Crippen MR) is 109 cm³/mol. The first-order chi connectivity index (χ1) is 15.2. The van der Waals surface area contributed by atoms with Gasteiger partial charge in [-0.25, -0.2) is 0 Å². The molecule has 170 valence electrons. The summed E-state index contributed by atoms with van der Waals surface area (Å²) in [5.41, 5.74) is 0.371. The maximum Gasteiger partial charge on any atom is 0.573 e. The predicted octanol–water partition coefficient (Wildman–Crippen LogP) is 3.86. The fourth-order valence-electron chi connectivity index (χ4n) is 4.37. The number of alkyl halides is 3. The van der Waals surface area contributed by atoms with Crippen LogP contribution in [0, 0.1) is 5.41 Å². The van der Waals surface area contributed by atoms with E-state index in [0.29, 0.717) is 39.0 Å². The van der Waals surface area contributed by atoms with E-state index in [4.69, 9.17) is 4.74 Å². The molecule has 2 aromatic rings. The minimum absolute atomic E-state index is 0.0567. The number of carbonyl (C=O) groups excluding carboxylic acids is 2. The van der Waals surface area contributed by atoms with Gasteiger partial charge in [-0.2, -0.15) is 0 Å². The Morgan fingerprint density at radius 1 is 1.06 bits per heavy atom. The van der Waals surface area contributed by atoms with Crippen molar-refractivity contribution < 1.29 is 32.2 Å². The summed E-state index contributed by atoms with van der Waals surface area (Å²) >= 11 is 0. The van der Waals surface area contributed by atoms with Crippen molar-refractivity contribution in [3.63, 3.8) is 0 Å². The van der Waals surface area contributed by atoms with Crippen molar-refractivity contribution in [3.8, 4) is 11.5 Å². The first-order valence-corrected chi connectivity index (χ1v) is 10.3. The number of halogens is 3. The van der Waals surface area contributed by atoms with Crippen molar-refractivity contribution >= 4 is 11.8 Å². The lowest BCUT2D eigenvalue weighted by Crippen LogP contribution is -2.64. The van der Waals surface area contributed by atoms with Crippen LogP contribution >= 0.6 is 0 Å². The van der Waals surface area contributed by atoms with Crippen molar-refractivity contribution in [2.24, 2.45) is 5.41 Å². The van der Waals surface area contributed by atoms with Crippen LogP contribution in [0.4, 0.5) is 13.2 Å². The Labute approximate surface area is 183 Å². The van der Waals surface area contributed by atoms with Gasteiger partial charge in [0.25, 0.3) is 5.91 Å². The number of carbonyl (C=O) groups is 2. The molecule has 32 heavy (non-hydrogen) atoms. The maximum atomic E-state index is 12.9. The van der Waals surface area contributed by atoms with Crippen LogP contribution in [0.3, 0.4) is 0 Å². The summed E-state index contributed by atoms with van der Waals surface area (Å²) in [6.07, 6.45) is -3.91. The quantitative estimate of drug-likeness (QED) is 0.652. The van der Waals surface area contributed by atoms with E-state index < -0.39 is 23.4 Å². The molecule has 2 aliphatic rings. The van der Waals surface area contributed by atoms with E-state index in [1.165, 1.54) is 23.1 Å². The van der Waals surface area contributed by atoms with Crippen LogP contribution in [0.1, 0.15) is 28.8 Å². The van der Waals surface area contributed by atoms with Gasteiger partial charge in [-0.15, -0.1) is 13.2 Å². The van der Waals surface area contributed by atoms with Gasteiger partial charge in [0.15, 0.2) is 0 Å². The molecule has 1 spiro atoms. The zero-order chi connectivity index (χ0) is 22.9. The van der Waals surface area contributed by atoms with Gasteiger partial charge in [0.05, 0.1) is 18.1 Å². The highest BCUT2D eigenvalue weighted by Gasteiger charge is 2.53. The highest BCUT2D eigenvalue weighted by molar-refractivity contribution is 5.97. The highest BCUT2D eigenvalue weighted by atomic mass is 19.4. The lowest BCUT2D eigenvalue weighted by molar-refractivity contribution is -0.274. The Balaban J connectivity index is 1.35. The molecule has 2 aromatic carbocycles. The molecule has 0 N–H and O–H groups in total. The smallest absolute Gasteiger partial charge is 0.497 e. The molecule has 0 aliphatic carbocycles. The van der Waals surface area contributed by atoms with E-state index in [9.17, 15) is 22.8 Å². The van der Waals surface area contributed by atoms with Gasteiger partial charge in [0.2, 0.25) is 5.91 Å². The molecule has 0 unspecified atom stereocenters. The van der Waals surface area contributed by atoms with Crippen LogP contribution in [0.2, 0.25) is 0 Å². The van der Waals surface area contributed by atoms with Crippen LogP contribution < -0.4 is 9.47 Å². The maximum absolute atomic E-state index is 12.9. The molecule has 9 heteroatoms. The number of amides is 2. The van der Waals surface area contributed by atoms with Crippen molar-refractivity contribution in [1.29, 1.82) is 0 Å². The molecule has 6 nitrogen and oxygen atoms in total. The summed E-state index contributed by atoms with van der Waals surface area (Å²) in [6, 6.07) is 12.8. The first-order valence-electron chi connectivity index (χ1n) is 10.3. The van der Waals surface area contributed by atoms with Gasteiger partial charge < -0.3 is 19.3 Å². The molecule has 0 bridgehead atoms. The number of nitrogens with zero attached hydrogens (tertiary/aromatic N) is 2. The summed E-state index contributed by atoms with van der Waals surface area (Å²) < 4.78 is 47.1. The minimum atomic E-state index is -4.88. The summed E-state index contributed by atoms with van der Waals surface area (Å²) in [7, 11) is 1.59. The number of ether oxygens (including phenoxy) is 2. The monoisotopic (exact) mass is 448 g/mol. The third kappa shape index (κ3) is 4.37. The Hall–Kier alpha value is -3.23. The molecular formula is C23H23F3N2O4. The van der Waals surface area contributed by atoms with Gasteiger partial charge in [0.1, 0.15) is 11.5 Å². The number of methoxy groups -OCH3 is 1. The van der Waals surface area contributed by atoms with Crippen LogP contribution in [-0.4, -0.2) is 54.7 Å². The molecule has 0 aromatic heterocycles. The number of hydrogen-bond donors (Lipinski definition) is 0. The zero-order valence-corrected chi connectivity index (χ0v) is 17.5. The molecule has 2 amide bonds. The number of β-lactam (4-membered cyclic amide) rings is 1. The number of hydrogen-bond acceptors (Lipinski definition) is 4. The molecule has 0 atom stereocenters. The fourth-order valence-corrected chi connectivity index (χ4v) is 4.37. The van der Waals surface area contributed by atoms with E-state index in [-0.39, 0.29) is 11.5 Å². The van der Waals surface area contributed by atoms with Crippen molar-refractivity contribution in [1.82, 2.24) is 9.80 Å². The highest BCUT2D eigenvalue weighted by Crippen LogP contribution is 2.43. The third-order valence-electron chi connectivity index (χ3n) is 6.12. The Bertz CT molecular complexity index is 999. The van der Waals surface area contributed by atoms with E-state index in [0.717, 1.165) is 17.4 Å². The van der Waals surface area contributed by atoms with E-state index in [1.807, 2.05) is 24.3 Å². The number of benzene rings is 2. The molecule has 0 saturated carbocycles. The number of piperidine rings is 1. The summed E-state index contributed by atoms with van der Waals surface area (Å²) in [4.78, 5) is 29.0. The van der Waals surface area contributed by atoms with E-state index >= 15 is 0 Å². The molecule has 2 heterocycles. The number of para-hydroxylation sites is 1. The van der Waals surface area contributed by atoms with Gasteiger partial charge in [-0.1, -0.05) is 24.3 Å². The minimum Gasteiger partial charge on any atom is -0.497 e. The van der Waals surface area contributed by atoms with Gasteiger partial charge in [-0.3, -0.25) is 9.59 Å². The van der Waals surface area contributed by atoms with Crippen LogP contribution in [0.25, 0.3) is 0 Å². The van der Waals surface area contributed by atoms with Crippen molar-refractivity contribution in [2.45, 2.75) is 25.7 Å². The van der Waals surface area contributed by atoms with Gasteiger partial charge in [0, 0.05) is 26.2 Å². The Morgan fingerprint density at radius 3 is 2.31 bits per heavy atom. The average molecular weight is 448 g/mol. The third-order valence-corrected chi connectivity index (χ3v) is 6.12. The summed E-state index contributed by atoms with van der Waals surface area (Å²) in [5, 5.41) is 0. The van der Waals surface area contributed by atoms with E-state index in [1.54, 1.807) is 12.0 Å². The largest absolute Gasteiger partial charge is 0.573 e. The Kier molecular flexibility index (Phi) is 5.75. The molecular weight excluding hydrogens is 425 g/mol. The molecule has 2 aliphatic heterocycles. The fraction of sp³-hybridized carbons (Fsp3) is 0.391. The molecule has 4 rings (SSSR count). The summed E-state index contributed by atoms with van der Waals surface area (Å²) in [6.45, 7) is 1.73. The number of rotatable bonds is 5. The second-order valence-electron chi connectivity index (χ2n) is 8.13. The van der Waals surface area contributed by atoms with Crippen molar-refractivity contribution in [2.75, 3.05) is 26.7 Å². The lowest BCUT2D eigenvalue weighted by atomic mass is 9.71. The SMILES string of the molecule is COc1ccc(CN2CC3(CCN(C(=O)c4ccccc4OC(F)(F)F)CC3)C2=O)cc1. The molecule has 2 saturated heterocycles. The lowest BCUT2D eigenvalue weighted by Gasteiger charge is -2.52. The first kappa shape index (κ1) is 22.0. The van der Waals surface area contributed by atoms with Crippen molar-refractivity contribution in [3.05, 3.63) is 59.7 Å². The zero-order valence-electron chi connectivity index (χ0n) is 17.5. The summed E-state index contributed by atoms with van der Waals surface area (Å²) in [5.74, 6) is -0.238. The topological polar surface area (TPSA) is 59.1 Å². The normalized spacial score (nSPS) is 17.8. The standard InChI is InChI=1S/C23H23F3N2O4/c1-31-17-8-6-16(7-9-17)14-28-15-22(21(28)30)10-12-27(13-11-22)20(29)18-4-2-3-5-19(18)32-23(24,25)26/h2-9H,10-15H2,1H3. The van der Waals surface area contributed by atoms with Crippen LogP contribution in [0.5, 0.6) is 11.5 Å². The van der Waals surface area contributed by atoms with Crippen LogP contribution in [0.15, 0.2) is 48.5 Å². The second kappa shape index (κ2) is 8.37. The van der Waals surface area contributed by atoms with E-state index in [2.05, 4.69) is 4.74 Å². The average Bonchev–Trinajstić information content (AvgIpc) is 2.78. The molecule has 0 radical (unpaired) electrons. The van der Waals surface area contributed by atoms with Gasteiger partial charge >= 0.3 is 6.36 Å². The second-order valence-corrected chi connectivity index (χ2v) is 8.13. The van der Waals surface area contributed by atoms with Crippen LogP contribution in [-0.2, 0) is 11.3 Å². The Morgan fingerprint density at radius 2 is 1.72 bits per heavy atom.